The third-order valence-corrected chi connectivity index (χ3v) is 14.1. The standard InChI is InChI=1S/C70H122O6/c1-4-7-10-13-16-19-22-24-26-28-30-31-32-33-34-35-36-37-38-39-41-42-44-46-48-51-54-57-60-63-69(72)75-66-67(65-74-68(71)62-59-56-53-50-21-18-15-12-9-6-3)76-70(73)64-61-58-55-52-49-47-45-43-40-29-27-25-23-20-17-14-11-8-5-2/h8,11,17,20,22,24-25,27-28,30,32-33,40,43,67H,4-7,9-10,12-16,18-19,21,23,26,29,31,34-39,41-42,44-66H2,1-3H3/b11-8-,20-17-,24-22-,27-25-,30-28-,33-32-,43-40-. The SMILES string of the molecule is CC/C=C\C/C=C\C/C=C\C/C=C\CCCCCCCCC(=O)OC(COC(=O)CCCCCCCCCCCC)COC(=O)CCCCCCCCCCCCCCCC/C=C\C/C=C\C/C=C\CCCCCCC. The second kappa shape index (κ2) is 64.1. The van der Waals surface area contributed by atoms with Crippen molar-refractivity contribution in [2.24, 2.45) is 0 Å². The number of hydrogen-bond donors (Lipinski definition) is 0. The molecule has 6 nitrogen and oxygen atoms in total. The monoisotopic (exact) mass is 1060 g/mol. The number of allylic oxidation sites excluding steroid dienone is 14. The summed E-state index contributed by atoms with van der Waals surface area (Å²) >= 11 is 0. The number of esters is 3. The molecule has 6 heteroatoms. The van der Waals surface area contributed by atoms with Gasteiger partial charge in [0, 0.05) is 19.3 Å². The highest BCUT2D eigenvalue weighted by Gasteiger charge is 2.19. The highest BCUT2D eigenvalue weighted by Crippen LogP contribution is 2.17. The Bertz CT molecular complexity index is 1450. The van der Waals surface area contributed by atoms with Gasteiger partial charge in [0.15, 0.2) is 6.10 Å². The Labute approximate surface area is 471 Å². The van der Waals surface area contributed by atoms with Crippen molar-refractivity contribution < 1.29 is 28.6 Å². The molecule has 1 atom stereocenters. The Morgan fingerprint density at radius 1 is 0.276 bits per heavy atom. The van der Waals surface area contributed by atoms with Crippen LogP contribution in [0.15, 0.2) is 85.1 Å². The molecule has 0 spiro atoms. The molecule has 438 valence electrons. The smallest absolute Gasteiger partial charge is 0.306 e. The van der Waals surface area contributed by atoms with E-state index in [-0.39, 0.29) is 31.1 Å². The van der Waals surface area contributed by atoms with Crippen LogP contribution in [0.2, 0.25) is 0 Å². The Morgan fingerprint density at radius 2 is 0.513 bits per heavy atom. The molecule has 0 aliphatic carbocycles. The molecule has 0 rings (SSSR count). The molecule has 0 aliphatic heterocycles. The van der Waals surface area contributed by atoms with E-state index in [4.69, 9.17) is 14.2 Å². The van der Waals surface area contributed by atoms with Gasteiger partial charge < -0.3 is 14.2 Å². The van der Waals surface area contributed by atoms with Crippen LogP contribution in [0.3, 0.4) is 0 Å². The van der Waals surface area contributed by atoms with Crippen molar-refractivity contribution in [1.29, 1.82) is 0 Å². The molecule has 1 unspecified atom stereocenters. The molecule has 0 aromatic rings. The number of ether oxygens (including phenoxy) is 3. The quantitative estimate of drug-likeness (QED) is 0.0261. The zero-order valence-corrected chi connectivity index (χ0v) is 50.3. The fraction of sp³-hybridized carbons (Fsp3) is 0.757. The van der Waals surface area contributed by atoms with Gasteiger partial charge in [-0.2, -0.15) is 0 Å². The maximum Gasteiger partial charge on any atom is 0.306 e. The Kier molecular flexibility index (Phi) is 61.2. The second-order valence-electron chi connectivity index (χ2n) is 21.6. The molecular formula is C70H122O6. The van der Waals surface area contributed by atoms with Gasteiger partial charge in [-0.3, -0.25) is 14.4 Å². The molecule has 76 heavy (non-hydrogen) atoms. The predicted molar refractivity (Wildman–Crippen MR) is 330 cm³/mol. The van der Waals surface area contributed by atoms with E-state index in [2.05, 4.69) is 106 Å². The average molecular weight is 1060 g/mol. The van der Waals surface area contributed by atoms with E-state index in [1.165, 1.54) is 173 Å². The van der Waals surface area contributed by atoms with Crippen LogP contribution in [0, 0.1) is 0 Å². The molecule has 0 N–H and O–H groups in total. The van der Waals surface area contributed by atoms with Crippen LogP contribution in [0.5, 0.6) is 0 Å². The summed E-state index contributed by atoms with van der Waals surface area (Å²) in [5, 5.41) is 0. The summed E-state index contributed by atoms with van der Waals surface area (Å²) in [4.78, 5) is 38.2. The van der Waals surface area contributed by atoms with E-state index >= 15 is 0 Å². The first kappa shape index (κ1) is 72.6. The van der Waals surface area contributed by atoms with E-state index in [0.29, 0.717) is 19.3 Å². The number of unbranched alkanes of at least 4 members (excludes halogenated alkanes) is 34. The van der Waals surface area contributed by atoms with E-state index < -0.39 is 6.10 Å². The summed E-state index contributed by atoms with van der Waals surface area (Å²) in [6.45, 7) is 6.52. The van der Waals surface area contributed by atoms with Crippen LogP contribution in [0.4, 0.5) is 0 Å². The van der Waals surface area contributed by atoms with Crippen LogP contribution in [-0.4, -0.2) is 37.2 Å². The van der Waals surface area contributed by atoms with Crippen molar-refractivity contribution in [1.82, 2.24) is 0 Å². The third-order valence-electron chi connectivity index (χ3n) is 14.1. The number of carbonyl (C=O) groups is 3. The van der Waals surface area contributed by atoms with Gasteiger partial charge in [-0.25, -0.2) is 0 Å². The van der Waals surface area contributed by atoms with Crippen molar-refractivity contribution in [3.8, 4) is 0 Å². The predicted octanol–water partition coefficient (Wildman–Crippen LogP) is 22.3. The molecular weight excluding hydrogens is 937 g/mol. The first-order valence-corrected chi connectivity index (χ1v) is 32.6. The van der Waals surface area contributed by atoms with E-state index in [0.717, 1.165) is 109 Å². The molecule has 0 fully saturated rings. The van der Waals surface area contributed by atoms with Gasteiger partial charge in [0.25, 0.3) is 0 Å². The van der Waals surface area contributed by atoms with Gasteiger partial charge >= 0.3 is 17.9 Å². The molecule has 0 aliphatic rings. The summed E-state index contributed by atoms with van der Waals surface area (Å²) in [7, 11) is 0. The summed E-state index contributed by atoms with van der Waals surface area (Å²) in [6.07, 6.45) is 84.6. The van der Waals surface area contributed by atoms with Crippen LogP contribution in [0.25, 0.3) is 0 Å². The van der Waals surface area contributed by atoms with Crippen molar-refractivity contribution in [3.63, 3.8) is 0 Å². The van der Waals surface area contributed by atoms with Crippen molar-refractivity contribution >= 4 is 17.9 Å². The lowest BCUT2D eigenvalue weighted by Gasteiger charge is -2.18. The van der Waals surface area contributed by atoms with Crippen molar-refractivity contribution in [3.05, 3.63) is 85.1 Å². The Hall–Kier alpha value is -3.41. The molecule has 0 radical (unpaired) electrons. The van der Waals surface area contributed by atoms with Gasteiger partial charge in [-0.05, 0) is 96.3 Å². The summed E-state index contributed by atoms with van der Waals surface area (Å²) in [6, 6.07) is 0. The maximum atomic E-state index is 12.9. The molecule has 0 bridgehead atoms. The van der Waals surface area contributed by atoms with Gasteiger partial charge in [0.1, 0.15) is 13.2 Å². The zero-order chi connectivity index (χ0) is 55.0. The van der Waals surface area contributed by atoms with E-state index in [1.807, 2.05) is 0 Å². The van der Waals surface area contributed by atoms with Crippen molar-refractivity contribution in [2.45, 2.75) is 329 Å². The molecule has 0 aromatic heterocycles. The van der Waals surface area contributed by atoms with Gasteiger partial charge in [0.2, 0.25) is 0 Å². The summed E-state index contributed by atoms with van der Waals surface area (Å²) < 4.78 is 16.9. The molecule has 0 saturated carbocycles. The zero-order valence-electron chi connectivity index (χ0n) is 50.3. The first-order valence-electron chi connectivity index (χ1n) is 32.6. The summed E-state index contributed by atoms with van der Waals surface area (Å²) in [5.74, 6) is -0.884. The van der Waals surface area contributed by atoms with Crippen LogP contribution in [0.1, 0.15) is 323 Å². The number of rotatable bonds is 59. The summed E-state index contributed by atoms with van der Waals surface area (Å²) in [5.41, 5.74) is 0. The molecule has 0 saturated heterocycles. The second-order valence-corrected chi connectivity index (χ2v) is 21.6. The number of hydrogen-bond acceptors (Lipinski definition) is 6. The maximum absolute atomic E-state index is 12.9. The van der Waals surface area contributed by atoms with E-state index in [1.54, 1.807) is 0 Å². The lowest BCUT2D eigenvalue weighted by atomic mass is 10.0. The fourth-order valence-electron chi connectivity index (χ4n) is 9.27. The highest BCUT2D eigenvalue weighted by molar-refractivity contribution is 5.71. The minimum atomic E-state index is -0.783. The van der Waals surface area contributed by atoms with Gasteiger partial charge in [-0.15, -0.1) is 0 Å². The van der Waals surface area contributed by atoms with Gasteiger partial charge in [-0.1, -0.05) is 292 Å². The Balaban J connectivity index is 4.20. The van der Waals surface area contributed by atoms with Crippen LogP contribution < -0.4 is 0 Å². The largest absolute Gasteiger partial charge is 0.462 e. The molecule has 0 aromatic carbocycles. The Morgan fingerprint density at radius 3 is 0.803 bits per heavy atom. The highest BCUT2D eigenvalue weighted by atomic mass is 16.6. The minimum Gasteiger partial charge on any atom is -0.462 e. The lowest BCUT2D eigenvalue weighted by molar-refractivity contribution is -0.167. The van der Waals surface area contributed by atoms with Crippen molar-refractivity contribution in [2.75, 3.05) is 13.2 Å². The van der Waals surface area contributed by atoms with E-state index in [9.17, 15) is 14.4 Å². The first-order chi connectivity index (χ1) is 37.5. The fourth-order valence-corrected chi connectivity index (χ4v) is 9.27. The minimum absolute atomic E-state index is 0.0796. The molecule has 0 heterocycles. The lowest BCUT2D eigenvalue weighted by Crippen LogP contribution is -2.30. The normalized spacial score (nSPS) is 12.6. The van der Waals surface area contributed by atoms with Crippen LogP contribution >= 0.6 is 0 Å². The van der Waals surface area contributed by atoms with Crippen LogP contribution in [-0.2, 0) is 28.6 Å². The molecule has 0 amide bonds. The topological polar surface area (TPSA) is 78.9 Å². The van der Waals surface area contributed by atoms with Gasteiger partial charge in [0.05, 0.1) is 0 Å². The third kappa shape index (κ3) is 61.4. The average Bonchev–Trinajstić information content (AvgIpc) is 3.42. The number of carbonyl (C=O) groups excluding carboxylic acids is 3.